The number of carboxylic acids is 1. The average Bonchev–Trinajstić information content (AvgIpc) is 3.19. The third kappa shape index (κ3) is 7.75. The van der Waals surface area contributed by atoms with Crippen LogP contribution in [0.1, 0.15) is 59.5 Å². The molecule has 4 amide bonds. The number of likely N-dealkylation sites (N-methyl/N-ethyl adjacent to an activating group) is 2. The van der Waals surface area contributed by atoms with Crippen molar-refractivity contribution in [1.82, 2.24) is 15.1 Å². The number of aliphatic hydroxyl groups is 1. The number of carboxylic acid groups (broad SMARTS) is 1. The zero-order valence-electron chi connectivity index (χ0n) is 29.5. The number of aryl methyl sites for hydroxylation is 1. The molecule has 50 heavy (non-hydrogen) atoms. The van der Waals surface area contributed by atoms with Crippen molar-refractivity contribution in [2.75, 3.05) is 45.9 Å². The van der Waals surface area contributed by atoms with Gasteiger partial charge in [0.05, 0.1) is 37.1 Å². The number of hydrogen-bond acceptors (Lipinski definition) is 9. The third-order valence-electron chi connectivity index (χ3n) is 8.52. The van der Waals surface area contributed by atoms with Gasteiger partial charge in [0.25, 0.3) is 11.8 Å². The predicted molar refractivity (Wildman–Crippen MR) is 185 cm³/mol. The predicted octanol–water partition coefficient (Wildman–Crippen LogP) is 3.59. The lowest BCUT2D eigenvalue weighted by Crippen LogP contribution is -2.55. The number of amides is 4. The van der Waals surface area contributed by atoms with E-state index in [1.807, 2.05) is 0 Å². The minimum Gasteiger partial charge on any atom is -0.496 e. The average molecular weight is 693 g/mol. The van der Waals surface area contributed by atoms with Crippen LogP contribution in [0, 0.1) is 6.92 Å². The Morgan fingerprint density at radius 2 is 1.74 bits per heavy atom. The summed E-state index contributed by atoms with van der Waals surface area (Å²) in [5.41, 5.74) is 0.776. The molecule has 0 unspecified atom stereocenters. The first kappa shape index (κ1) is 37.4. The maximum absolute atomic E-state index is 14.5. The van der Waals surface area contributed by atoms with Gasteiger partial charge in [-0.15, -0.1) is 0 Å². The highest BCUT2D eigenvalue weighted by molar-refractivity contribution is 6.06. The minimum absolute atomic E-state index is 0.0533. The van der Waals surface area contributed by atoms with Crippen molar-refractivity contribution in [2.45, 2.75) is 58.8 Å². The standard InChI is InChI=1S/C36H44N4O10/c1-20-22-14-15-29(48-8)26(24(22)13-12-23(20)34(45)46)18-40-28-11-9-10-25(32(43)38(6)16-17-41)30(28)49-19-27(33(40)44)37-31(42)21(2)39(7)35(47)50-36(3,4)5/h9-15,21,27,41H,16-19H2,1-8H3,(H,37,42)(H,45,46)/t21-,27-/m0/s1. The molecule has 0 fully saturated rings. The Kier molecular flexibility index (Phi) is 11.3. The highest BCUT2D eigenvalue weighted by atomic mass is 16.6. The van der Waals surface area contributed by atoms with Gasteiger partial charge in [-0.25, -0.2) is 9.59 Å². The fourth-order valence-electron chi connectivity index (χ4n) is 5.63. The number of ether oxygens (including phenoxy) is 3. The van der Waals surface area contributed by atoms with Gasteiger partial charge in [0.2, 0.25) is 5.91 Å². The van der Waals surface area contributed by atoms with Gasteiger partial charge in [0.15, 0.2) is 5.75 Å². The van der Waals surface area contributed by atoms with Crippen LogP contribution in [-0.2, 0) is 20.9 Å². The minimum atomic E-state index is -1.26. The summed E-state index contributed by atoms with van der Waals surface area (Å²) < 4.78 is 17.3. The Balaban J connectivity index is 1.81. The molecule has 0 spiro atoms. The second-order valence-electron chi connectivity index (χ2n) is 13.1. The van der Waals surface area contributed by atoms with E-state index >= 15 is 0 Å². The van der Waals surface area contributed by atoms with Crippen LogP contribution in [0.25, 0.3) is 10.8 Å². The molecule has 0 bridgehead atoms. The fourth-order valence-corrected chi connectivity index (χ4v) is 5.63. The first-order chi connectivity index (χ1) is 23.5. The summed E-state index contributed by atoms with van der Waals surface area (Å²) in [6, 6.07) is 9.05. The number of carbonyl (C=O) groups excluding carboxylic acids is 4. The monoisotopic (exact) mass is 692 g/mol. The summed E-state index contributed by atoms with van der Waals surface area (Å²) in [4.78, 5) is 69.9. The van der Waals surface area contributed by atoms with Gasteiger partial charge in [-0.1, -0.05) is 18.2 Å². The van der Waals surface area contributed by atoms with Crippen molar-refractivity contribution in [1.29, 1.82) is 0 Å². The third-order valence-corrected chi connectivity index (χ3v) is 8.52. The van der Waals surface area contributed by atoms with E-state index in [9.17, 15) is 34.2 Å². The van der Waals surface area contributed by atoms with E-state index in [2.05, 4.69) is 5.32 Å². The summed E-state index contributed by atoms with van der Waals surface area (Å²) in [5.74, 6) is -2.25. The van der Waals surface area contributed by atoms with E-state index in [4.69, 9.17) is 14.2 Å². The lowest BCUT2D eigenvalue weighted by atomic mass is 9.95. The molecule has 3 N–H and O–H groups in total. The molecule has 268 valence electrons. The number of aromatic carboxylic acids is 1. The number of para-hydroxylation sites is 1. The summed E-state index contributed by atoms with van der Waals surface area (Å²) in [7, 11) is 4.42. The molecule has 0 radical (unpaired) electrons. The van der Waals surface area contributed by atoms with Gasteiger partial charge in [-0.05, 0) is 75.2 Å². The topological polar surface area (TPSA) is 175 Å². The van der Waals surface area contributed by atoms with Crippen LogP contribution < -0.4 is 19.7 Å². The SMILES string of the molecule is COc1ccc2c(C)c(C(=O)O)ccc2c1CN1C(=O)[C@@H](NC(=O)[C@H](C)N(C)C(=O)OC(C)(C)C)COc2c(C(=O)N(C)CCO)cccc21. The van der Waals surface area contributed by atoms with E-state index in [0.717, 1.165) is 4.90 Å². The smallest absolute Gasteiger partial charge is 0.410 e. The lowest BCUT2D eigenvalue weighted by molar-refractivity contribution is -0.130. The number of carbonyl (C=O) groups is 5. The lowest BCUT2D eigenvalue weighted by Gasteiger charge is -2.30. The number of rotatable bonds is 10. The Morgan fingerprint density at radius 1 is 1.06 bits per heavy atom. The molecule has 1 aliphatic rings. The van der Waals surface area contributed by atoms with Crippen molar-refractivity contribution in [2.24, 2.45) is 0 Å². The second-order valence-corrected chi connectivity index (χ2v) is 13.1. The van der Waals surface area contributed by atoms with Gasteiger partial charge in [0, 0.05) is 26.2 Å². The molecule has 3 aromatic rings. The van der Waals surface area contributed by atoms with Crippen LogP contribution in [0.3, 0.4) is 0 Å². The quantitative estimate of drug-likeness (QED) is 0.285. The van der Waals surface area contributed by atoms with Crippen LogP contribution in [0.2, 0.25) is 0 Å². The molecule has 0 aromatic heterocycles. The molecule has 14 heteroatoms. The van der Waals surface area contributed by atoms with Crippen LogP contribution in [0.4, 0.5) is 10.5 Å². The van der Waals surface area contributed by atoms with Crippen molar-refractivity contribution in [3.05, 3.63) is 64.7 Å². The van der Waals surface area contributed by atoms with E-state index in [0.29, 0.717) is 27.6 Å². The number of methoxy groups -OCH3 is 1. The number of fused-ring (bicyclic) bond motifs is 2. The molecule has 0 saturated carbocycles. The highest BCUT2D eigenvalue weighted by Gasteiger charge is 2.37. The van der Waals surface area contributed by atoms with E-state index < -0.39 is 47.5 Å². The maximum Gasteiger partial charge on any atom is 0.410 e. The molecule has 4 rings (SSSR count). The van der Waals surface area contributed by atoms with Crippen LogP contribution >= 0.6 is 0 Å². The largest absolute Gasteiger partial charge is 0.496 e. The van der Waals surface area contributed by atoms with Crippen LogP contribution in [-0.4, -0.2) is 108 Å². The Bertz CT molecular complexity index is 1820. The zero-order valence-corrected chi connectivity index (χ0v) is 29.5. The second kappa shape index (κ2) is 15.0. The van der Waals surface area contributed by atoms with Crippen LogP contribution in [0.15, 0.2) is 42.5 Å². The number of nitrogens with zero attached hydrogens (tertiary/aromatic N) is 3. The van der Waals surface area contributed by atoms with Crippen molar-refractivity contribution >= 4 is 46.2 Å². The van der Waals surface area contributed by atoms with Gasteiger partial charge < -0.3 is 39.5 Å². The molecular formula is C36H44N4O10. The van der Waals surface area contributed by atoms with E-state index in [-0.39, 0.29) is 48.9 Å². The molecule has 0 aliphatic carbocycles. The normalized spacial score (nSPS) is 14.9. The van der Waals surface area contributed by atoms with Crippen molar-refractivity contribution in [3.63, 3.8) is 0 Å². The first-order valence-electron chi connectivity index (χ1n) is 16.0. The van der Waals surface area contributed by atoms with Crippen molar-refractivity contribution in [3.8, 4) is 11.5 Å². The number of anilines is 1. The maximum atomic E-state index is 14.5. The number of hydrogen-bond donors (Lipinski definition) is 3. The molecule has 0 saturated heterocycles. The van der Waals surface area contributed by atoms with Crippen LogP contribution in [0.5, 0.6) is 11.5 Å². The molecule has 14 nitrogen and oxygen atoms in total. The molecule has 1 heterocycles. The summed E-state index contributed by atoms with van der Waals surface area (Å²) in [5, 5.41) is 23.2. The van der Waals surface area contributed by atoms with Gasteiger partial charge >= 0.3 is 12.1 Å². The Morgan fingerprint density at radius 3 is 2.36 bits per heavy atom. The Labute approximate surface area is 290 Å². The molecule has 2 atom stereocenters. The molecular weight excluding hydrogens is 648 g/mol. The van der Waals surface area contributed by atoms with Gasteiger partial charge in [-0.3, -0.25) is 19.3 Å². The summed E-state index contributed by atoms with van der Waals surface area (Å²) >= 11 is 0. The molecule has 1 aliphatic heterocycles. The molecule has 3 aromatic carbocycles. The fraction of sp³-hybridized carbons (Fsp3) is 0.417. The van der Waals surface area contributed by atoms with Gasteiger partial charge in [-0.2, -0.15) is 0 Å². The zero-order chi connectivity index (χ0) is 37.1. The van der Waals surface area contributed by atoms with Crippen molar-refractivity contribution < 1.29 is 48.4 Å². The number of nitrogens with one attached hydrogen (secondary N) is 1. The summed E-state index contributed by atoms with van der Waals surface area (Å²) in [6.07, 6.45) is -0.725. The number of benzene rings is 3. The van der Waals surface area contributed by atoms with E-state index in [1.165, 1.54) is 44.0 Å². The first-order valence-corrected chi connectivity index (χ1v) is 16.0. The number of aliphatic hydroxyl groups excluding tert-OH is 1. The highest BCUT2D eigenvalue weighted by Crippen LogP contribution is 2.39. The summed E-state index contributed by atoms with van der Waals surface area (Å²) in [6.45, 7) is 7.62. The Hall–Kier alpha value is -5.37. The van der Waals surface area contributed by atoms with E-state index in [1.54, 1.807) is 64.1 Å². The van der Waals surface area contributed by atoms with Gasteiger partial charge in [0.1, 0.15) is 30.0 Å².